The van der Waals surface area contributed by atoms with E-state index in [0.717, 1.165) is 19.5 Å². The number of nitrogens with one attached hydrogen (secondary N) is 1. The van der Waals surface area contributed by atoms with Crippen molar-refractivity contribution in [2.24, 2.45) is 11.8 Å². The molecule has 7 heteroatoms. The highest BCUT2D eigenvalue weighted by molar-refractivity contribution is 7.09. The Labute approximate surface area is 121 Å². The summed E-state index contributed by atoms with van der Waals surface area (Å²) in [6.45, 7) is 6.21. The van der Waals surface area contributed by atoms with Gasteiger partial charge in [0.2, 0.25) is 0 Å². The second kappa shape index (κ2) is 6.21. The second-order valence-electron chi connectivity index (χ2n) is 5.33. The third kappa shape index (κ3) is 3.47. The Morgan fingerprint density at radius 2 is 2.35 bits per heavy atom. The zero-order valence-corrected chi connectivity index (χ0v) is 12.4. The number of carboxylic acid groups (broad SMARTS) is 1. The lowest BCUT2D eigenvalue weighted by Crippen LogP contribution is -2.38. The summed E-state index contributed by atoms with van der Waals surface area (Å²) in [5.41, 5.74) is 0.0280. The molecular weight excluding hydrogens is 278 g/mol. The predicted octanol–water partition coefficient (Wildman–Crippen LogP) is 2.03. The minimum absolute atomic E-state index is 0.0280. The van der Waals surface area contributed by atoms with Gasteiger partial charge >= 0.3 is 12.0 Å². The number of aromatic carboxylic acids is 1. The van der Waals surface area contributed by atoms with E-state index in [2.05, 4.69) is 24.1 Å². The maximum atomic E-state index is 12.0. The number of carboxylic acids is 1. The van der Waals surface area contributed by atoms with Crippen molar-refractivity contribution in [2.45, 2.75) is 26.8 Å². The van der Waals surface area contributed by atoms with Crippen LogP contribution in [0, 0.1) is 11.8 Å². The van der Waals surface area contributed by atoms with Gasteiger partial charge in [0, 0.05) is 18.5 Å². The molecule has 2 amide bonds. The smallest absolute Gasteiger partial charge is 0.355 e. The lowest BCUT2D eigenvalue weighted by molar-refractivity contribution is 0.0691. The molecule has 1 aromatic rings. The lowest BCUT2D eigenvalue weighted by Gasteiger charge is -2.18. The summed E-state index contributed by atoms with van der Waals surface area (Å²) in [6.07, 6.45) is 1.05. The van der Waals surface area contributed by atoms with Crippen molar-refractivity contribution in [1.82, 2.24) is 15.2 Å². The van der Waals surface area contributed by atoms with Gasteiger partial charge in [-0.25, -0.2) is 14.6 Å². The Kier molecular flexibility index (Phi) is 4.59. The number of aromatic nitrogens is 1. The van der Waals surface area contributed by atoms with Gasteiger partial charge in [-0.3, -0.25) is 0 Å². The third-order valence-corrected chi connectivity index (χ3v) is 4.47. The zero-order chi connectivity index (χ0) is 14.7. The summed E-state index contributed by atoms with van der Waals surface area (Å²) in [5.74, 6) is 0.113. The van der Waals surface area contributed by atoms with Crippen LogP contribution in [0.15, 0.2) is 5.38 Å². The summed E-state index contributed by atoms with van der Waals surface area (Å²) < 4.78 is 0. The SMILES string of the molecule is CC(C)C1CCN(C(=O)NCc2nc(C(=O)O)cs2)C1. The van der Waals surface area contributed by atoms with E-state index >= 15 is 0 Å². The summed E-state index contributed by atoms with van der Waals surface area (Å²) in [6, 6.07) is -0.0970. The molecule has 1 saturated heterocycles. The quantitative estimate of drug-likeness (QED) is 0.891. The standard InChI is InChI=1S/C13H19N3O3S/c1-8(2)9-3-4-16(6-9)13(19)14-5-11-15-10(7-20-11)12(17)18/h7-9H,3-6H2,1-2H3,(H,14,19)(H,17,18). The van der Waals surface area contributed by atoms with Crippen LogP contribution in [0.1, 0.15) is 35.8 Å². The maximum absolute atomic E-state index is 12.0. The average molecular weight is 297 g/mol. The zero-order valence-electron chi connectivity index (χ0n) is 11.6. The van der Waals surface area contributed by atoms with Crippen LogP contribution in [-0.4, -0.2) is 40.1 Å². The van der Waals surface area contributed by atoms with Crippen LogP contribution in [-0.2, 0) is 6.54 Å². The topological polar surface area (TPSA) is 82.5 Å². The number of hydrogen-bond donors (Lipinski definition) is 2. The molecule has 2 heterocycles. The predicted molar refractivity (Wildman–Crippen MR) is 75.8 cm³/mol. The maximum Gasteiger partial charge on any atom is 0.355 e. The van der Waals surface area contributed by atoms with Crippen LogP contribution in [0.5, 0.6) is 0 Å². The molecule has 0 aromatic carbocycles. The number of urea groups is 1. The van der Waals surface area contributed by atoms with Crippen molar-refractivity contribution in [3.05, 3.63) is 16.1 Å². The molecule has 1 aliphatic heterocycles. The van der Waals surface area contributed by atoms with Gasteiger partial charge in [-0.1, -0.05) is 13.8 Å². The average Bonchev–Trinajstić information content (AvgIpc) is 3.05. The van der Waals surface area contributed by atoms with E-state index in [4.69, 9.17) is 5.11 Å². The molecule has 1 aromatic heterocycles. The summed E-state index contributed by atoms with van der Waals surface area (Å²) in [4.78, 5) is 28.5. The lowest BCUT2D eigenvalue weighted by atomic mass is 9.95. The van der Waals surface area contributed by atoms with Crippen molar-refractivity contribution in [2.75, 3.05) is 13.1 Å². The van der Waals surface area contributed by atoms with E-state index in [-0.39, 0.29) is 18.3 Å². The number of thiazole rings is 1. The molecule has 1 unspecified atom stereocenters. The molecule has 1 fully saturated rings. The Bertz CT molecular complexity index is 501. The fourth-order valence-corrected chi connectivity index (χ4v) is 2.98. The Hall–Kier alpha value is -1.63. The van der Waals surface area contributed by atoms with Crippen LogP contribution in [0.2, 0.25) is 0 Å². The molecule has 2 rings (SSSR count). The number of nitrogens with zero attached hydrogens (tertiary/aromatic N) is 2. The van der Waals surface area contributed by atoms with Crippen molar-refractivity contribution < 1.29 is 14.7 Å². The molecule has 1 aliphatic rings. The Morgan fingerprint density at radius 1 is 1.60 bits per heavy atom. The highest BCUT2D eigenvalue weighted by Gasteiger charge is 2.27. The van der Waals surface area contributed by atoms with Crippen molar-refractivity contribution in [3.8, 4) is 0 Å². The first-order valence-electron chi connectivity index (χ1n) is 6.68. The van der Waals surface area contributed by atoms with E-state index in [1.807, 2.05) is 4.90 Å². The van der Waals surface area contributed by atoms with Crippen LogP contribution in [0.3, 0.4) is 0 Å². The first-order chi connectivity index (χ1) is 9.47. The highest BCUT2D eigenvalue weighted by Crippen LogP contribution is 2.23. The highest BCUT2D eigenvalue weighted by atomic mass is 32.1. The molecule has 20 heavy (non-hydrogen) atoms. The molecule has 0 bridgehead atoms. The monoisotopic (exact) mass is 297 g/mol. The largest absolute Gasteiger partial charge is 0.476 e. The van der Waals surface area contributed by atoms with Gasteiger partial charge in [0.15, 0.2) is 5.69 Å². The number of likely N-dealkylation sites (tertiary alicyclic amines) is 1. The molecule has 0 aliphatic carbocycles. The van der Waals surface area contributed by atoms with Gasteiger partial charge in [-0.05, 0) is 18.3 Å². The van der Waals surface area contributed by atoms with Crippen molar-refractivity contribution in [3.63, 3.8) is 0 Å². The number of rotatable bonds is 4. The second-order valence-corrected chi connectivity index (χ2v) is 6.27. The van der Waals surface area contributed by atoms with Crippen LogP contribution >= 0.6 is 11.3 Å². The molecule has 110 valence electrons. The number of amides is 2. The van der Waals surface area contributed by atoms with Gasteiger partial charge in [0.1, 0.15) is 5.01 Å². The van der Waals surface area contributed by atoms with Gasteiger partial charge in [0.05, 0.1) is 6.54 Å². The first kappa shape index (κ1) is 14.8. The summed E-state index contributed by atoms with van der Waals surface area (Å²) >= 11 is 1.24. The Balaban J connectivity index is 1.82. The van der Waals surface area contributed by atoms with Crippen LogP contribution in [0.25, 0.3) is 0 Å². The summed E-state index contributed by atoms with van der Waals surface area (Å²) in [7, 11) is 0. The van der Waals surface area contributed by atoms with E-state index in [1.165, 1.54) is 16.7 Å². The molecule has 0 radical (unpaired) electrons. The Morgan fingerprint density at radius 3 is 2.90 bits per heavy atom. The molecule has 2 N–H and O–H groups in total. The van der Waals surface area contributed by atoms with Gasteiger partial charge in [0.25, 0.3) is 0 Å². The van der Waals surface area contributed by atoms with Crippen LogP contribution in [0.4, 0.5) is 4.79 Å². The minimum atomic E-state index is -1.04. The fraction of sp³-hybridized carbons (Fsp3) is 0.615. The number of hydrogen-bond acceptors (Lipinski definition) is 4. The van der Waals surface area contributed by atoms with E-state index in [0.29, 0.717) is 16.8 Å². The number of carbonyl (C=O) groups is 2. The summed E-state index contributed by atoms with van der Waals surface area (Å²) in [5, 5.41) is 13.7. The molecular formula is C13H19N3O3S. The van der Waals surface area contributed by atoms with Gasteiger partial charge in [-0.2, -0.15) is 0 Å². The van der Waals surface area contributed by atoms with E-state index in [9.17, 15) is 9.59 Å². The van der Waals surface area contributed by atoms with Crippen molar-refractivity contribution >= 4 is 23.3 Å². The third-order valence-electron chi connectivity index (χ3n) is 3.62. The van der Waals surface area contributed by atoms with Crippen LogP contribution < -0.4 is 5.32 Å². The normalized spacial score (nSPS) is 18.6. The van der Waals surface area contributed by atoms with Crippen molar-refractivity contribution in [1.29, 1.82) is 0 Å². The van der Waals surface area contributed by atoms with E-state index in [1.54, 1.807) is 0 Å². The fourth-order valence-electron chi connectivity index (χ4n) is 2.27. The molecule has 0 spiro atoms. The van der Waals surface area contributed by atoms with E-state index < -0.39 is 5.97 Å². The first-order valence-corrected chi connectivity index (χ1v) is 7.55. The van der Waals surface area contributed by atoms with Gasteiger partial charge in [-0.15, -0.1) is 11.3 Å². The minimum Gasteiger partial charge on any atom is -0.476 e. The molecule has 0 saturated carbocycles. The molecule has 1 atom stereocenters. The molecule has 6 nitrogen and oxygen atoms in total. The van der Waals surface area contributed by atoms with Gasteiger partial charge < -0.3 is 15.3 Å². The number of carbonyl (C=O) groups excluding carboxylic acids is 1.